The van der Waals surface area contributed by atoms with Crippen molar-refractivity contribution in [3.8, 4) is 0 Å². The molecule has 1 aliphatic carbocycles. The van der Waals surface area contributed by atoms with Gasteiger partial charge in [0.1, 0.15) is 17.4 Å². The van der Waals surface area contributed by atoms with Gasteiger partial charge in [0.2, 0.25) is 0 Å². The van der Waals surface area contributed by atoms with E-state index < -0.39 is 23.3 Å². The van der Waals surface area contributed by atoms with Gasteiger partial charge in [-0.2, -0.15) is 0 Å². The second-order valence-corrected chi connectivity index (χ2v) is 6.95. The average molecular weight is 283 g/mol. The number of likely N-dealkylation sites (tertiary alicyclic amines) is 1. The van der Waals surface area contributed by atoms with Crippen LogP contribution in [-0.4, -0.2) is 46.2 Å². The van der Waals surface area contributed by atoms with Gasteiger partial charge in [-0.25, -0.2) is 4.79 Å². The lowest BCUT2D eigenvalue weighted by Gasteiger charge is -2.40. The minimum Gasteiger partial charge on any atom is -0.444 e. The van der Waals surface area contributed by atoms with E-state index in [0.717, 1.165) is 25.5 Å². The van der Waals surface area contributed by atoms with Crippen LogP contribution in [-0.2, 0) is 9.53 Å². The molecule has 0 aromatic carbocycles. The molecule has 5 nitrogen and oxygen atoms in total. The van der Waals surface area contributed by atoms with E-state index in [2.05, 4.69) is 0 Å². The summed E-state index contributed by atoms with van der Waals surface area (Å²) in [4.78, 5) is 25.7. The summed E-state index contributed by atoms with van der Waals surface area (Å²) in [6, 6.07) is 0. The summed E-state index contributed by atoms with van der Waals surface area (Å²) in [6.07, 6.45) is 3.73. The quantitative estimate of drug-likeness (QED) is 0.788. The molecule has 0 spiro atoms. The van der Waals surface area contributed by atoms with Gasteiger partial charge in [-0.05, 0) is 46.5 Å². The van der Waals surface area contributed by atoms with Crippen LogP contribution in [0.25, 0.3) is 0 Å². The average Bonchev–Trinajstić information content (AvgIpc) is 2.93. The highest BCUT2D eigenvalue weighted by molar-refractivity contribution is 5.78. The molecule has 5 heteroatoms. The molecule has 1 amide bonds. The fraction of sp³-hybridized carbons (Fsp3) is 0.867. The molecule has 0 aromatic rings. The first-order valence-electron chi connectivity index (χ1n) is 7.45. The van der Waals surface area contributed by atoms with Crippen LogP contribution in [0.1, 0.15) is 52.9 Å². The molecule has 3 atom stereocenters. The zero-order chi connectivity index (χ0) is 15.0. The molecule has 1 aliphatic heterocycles. The van der Waals surface area contributed by atoms with E-state index >= 15 is 0 Å². The molecule has 0 aromatic heterocycles. The summed E-state index contributed by atoms with van der Waals surface area (Å²) < 4.78 is 5.42. The third-order valence-electron chi connectivity index (χ3n) is 4.40. The van der Waals surface area contributed by atoms with Gasteiger partial charge in [0.15, 0.2) is 0 Å². The Labute approximate surface area is 120 Å². The first-order chi connectivity index (χ1) is 9.30. The number of amides is 1. The molecule has 0 radical (unpaired) electrons. The molecule has 1 N–H and O–H groups in total. The summed E-state index contributed by atoms with van der Waals surface area (Å²) in [6.45, 7) is 5.97. The van der Waals surface area contributed by atoms with Crippen LogP contribution in [0.4, 0.5) is 4.79 Å². The predicted molar refractivity (Wildman–Crippen MR) is 74.3 cm³/mol. The third kappa shape index (κ3) is 2.68. The van der Waals surface area contributed by atoms with Crippen LogP contribution in [0.2, 0.25) is 0 Å². The predicted octanol–water partition coefficient (Wildman–Crippen LogP) is 2.12. The Morgan fingerprint density at radius 1 is 1.35 bits per heavy atom. The minimum atomic E-state index is -0.877. The van der Waals surface area contributed by atoms with Crippen LogP contribution >= 0.6 is 0 Å². The number of nitrogens with zero attached hydrogens (tertiary/aromatic N) is 1. The Kier molecular flexibility index (Phi) is 4.09. The number of hydrogen-bond donors (Lipinski definition) is 1. The van der Waals surface area contributed by atoms with Crippen LogP contribution in [0, 0.1) is 5.92 Å². The van der Waals surface area contributed by atoms with E-state index in [9.17, 15) is 14.7 Å². The summed E-state index contributed by atoms with van der Waals surface area (Å²) in [7, 11) is 0. The number of hydrogen-bond acceptors (Lipinski definition) is 4. The van der Waals surface area contributed by atoms with Gasteiger partial charge in [0.05, 0.1) is 6.10 Å². The molecule has 1 saturated heterocycles. The van der Waals surface area contributed by atoms with Crippen molar-refractivity contribution in [2.24, 2.45) is 5.92 Å². The topological polar surface area (TPSA) is 66.8 Å². The second-order valence-electron chi connectivity index (χ2n) is 6.95. The van der Waals surface area contributed by atoms with E-state index in [1.807, 2.05) is 20.8 Å². The van der Waals surface area contributed by atoms with Gasteiger partial charge in [0, 0.05) is 12.5 Å². The van der Waals surface area contributed by atoms with Crippen LogP contribution in [0.5, 0.6) is 0 Å². The van der Waals surface area contributed by atoms with Crippen molar-refractivity contribution >= 4 is 12.4 Å². The molecule has 2 aliphatic rings. The smallest absolute Gasteiger partial charge is 0.411 e. The molecule has 114 valence electrons. The molecule has 2 rings (SSSR count). The van der Waals surface area contributed by atoms with Gasteiger partial charge >= 0.3 is 6.09 Å². The monoisotopic (exact) mass is 283 g/mol. The number of carbonyl (C=O) groups is 2. The van der Waals surface area contributed by atoms with E-state index in [1.165, 1.54) is 0 Å². The van der Waals surface area contributed by atoms with Gasteiger partial charge < -0.3 is 14.6 Å². The number of carbonyl (C=O) groups excluding carboxylic acids is 2. The zero-order valence-electron chi connectivity index (χ0n) is 12.6. The first kappa shape index (κ1) is 15.3. The summed E-state index contributed by atoms with van der Waals surface area (Å²) in [5.41, 5.74) is -1.46. The van der Waals surface area contributed by atoms with Crippen LogP contribution in [0.3, 0.4) is 0 Å². The Balaban J connectivity index is 2.23. The van der Waals surface area contributed by atoms with E-state index in [0.29, 0.717) is 19.4 Å². The van der Waals surface area contributed by atoms with Crippen molar-refractivity contribution in [1.29, 1.82) is 0 Å². The van der Waals surface area contributed by atoms with Crippen molar-refractivity contribution in [2.75, 3.05) is 6.54 Å². The SMILES string of the molecule is CC(C)(C)OC(=O)N1CCCC1(C=O)C1CCCC1O. The molecule has 2 fully saturated rings. The minimum absolute atomic E-state index is 0.157. The van der Waals surface area contributed by atoms with Crippen molar-refractivity contribution < 1.29 is 19.4 Å². The molecule has 0 bridgehead atoms. The Morgan fingerprint density at radius 2 is 2.05 bits per heavy atom. The molecule has 20 heavy (non-hydrogen) atoms. The lowest BCUT2D eigenvalue weighted by Crippen LogP contribution is -2.56. The molecular formula is C15H25NO4. The maximum Gasteiger partial charge on any atom is 0.411 e. The highest BCUT2D eigenvalue weighted by Gasteiger charge is 2.53. The number of aldehydes is 1. The lowest BCUT2D eigenvalue weighted by atomic mass is 9.80. The first-order valence-corrected chi connectivity index (χ1v) is 7.45. The summed E-state index contributed by atoms with van der Waals surface area (Å²) in [5.74, 6) is -0.157. The van der Waals surface area contributed by atoms with Crippen molar-refractivity contribution in [2.45, 2.75) is 70.1 Å². The highest BCUT2D eigenvalue weighted by Crippen LogP contribution is 2.43. The number of ether oxygens (including phenoxy) is 1. The molecule has 3 unspecified atom stereocenters. The van der Waals surface area contributed by atoms with E-state index in [4.69, 9.17) is 4.74 Å². The van der Waals surface area contributed by atoms with Crippen LogP contribution < -0.4 is 0 Å². The van der Waals surface area contributed by atoms with Gasteiger partial charge in [0.25, 0.3) is 0 Å². The third-order valence-corrected chi connectivity index (χ3v) is 4.40. The maximum atomic E-state index is 12.4. The normalized spacial score (nSPS) is 34.3. The standard InChI is InChI=1S/C15H25NO4/c1-14(2,3)20-13(19)16-9-5-8-15(16,10-17)11-6-4-7-12(11)18/h10-12,18H,4-9H2,1-3H3. The van der Waals surface area contributed by atoms with Crippen molar-refractivity contribution in [1.82, 2.24) is 4.90 Å². The van der Waals surface area contributed by atoms with Gasteiger partial charge in [-0.15, -0.1) is 0 Å². The lowest BCUT2D eigenvalue weighted by molar-refractivity contribution is -0.122. The number of aliphatic hydroxyl groups is 1. The molecule has 1 heterocycles. The second kappa shape index (κ2) is 5.35. The maximum absolute atomic E-state index is 12.4. The van der Waals surface area contributed by atoms with Gasteiger partial charge in [-0.1, -0.05) is 6.42 Å². The number of rotatable bonds is 2. The van der Waals surface area contributed by atoms with E-state index in [-0.39, 0.29) is 5.92 Å². The van der Waals surface area contributed by atoms with Gasteiger partial charge in [-0.3, -0.25) is 4.90 Å². The van der Waals surface area contributed by atoms with Crippen LogP contribution in [0.15, 0.2) is 0 Å². The van der Waals surface area contributed by atoms with Crippen molar-refractivity contribution in [3.05, 3.63) is 0 Å². The number of aliphatic hydroxyl groups excluding tert-OH is 1. The fourth-order valence-electron chi connectivity index (χ4n) is 3.56. The largest absolute Gasteiger partial charge is 0.444 e. The van der Waals surface area contributed by atoms with Crippen molar-refractivity contribution in [3.63, 3.8) is 0 Å². The zero-order valence-corrected chi connectivity index (χ0v) is 12.6. The Morgan fingerprint density at radius 3 is 2.55 bits per heavy atom. The summed E-state index contributed by atoms with van der Waals surface area (Å²) >= 11 is 0. The molecule has 1 saturated carbocycles. The van der Waals surface area contributed by atoms with E-state index in [1.54, 1.807) is 4.90 Å². The molecular weight excluding hydrogens is 258 g/mol. The highest BCUT2D eigenvalue weighted by atomic mass is 16.6. The Bertz CT molecular complexity index is 390. The Hall–Kier alpha value is -1.10. The fourth-order valence-corrected chi connectivity index (χ4v) is 3.56. The summed E-state index contributed by atoms with van der Waals surface area (Å²) in [5, 5.41) is 10.1.